The predicted octanol–water partition coefficient (Wildman–Crippen LogP) is 1.53. The summed E-state index contributed by atoms with van der Waals surface area (Å²) in [5.74, 6) is 6.50. The van der Waals surface area contributed by atoms with E-state index in [0.29, 0.717) is 5.95 Å². The summed E-state index contributed by atoms with van der Waals surface area (Å²) in [4.78, 5) is 8.25. The number of nitrogens with zero attached hydrogens (tertiary/aromatic N) is 2. The molecule has 0 spiro atoms. The summed E-state index contributed by atoms with van der Waals surface area (Å²) in [7, 11) is 0. The summed E-state index contributed by atoms with van der Waals surface area (Å²) in [5, 5.41) is 3.28. The number of aromatic nitrogens is 2. The van der Waals surface area contributed by atoms with Crippen LogP contribution < -0.4 is 16.6 Å². The first kappa shape index (κ1) is 11.7. The molecule has 0 atom stereocenters. The third-order valence-corrected chi connectivity index (χ3v) is 1.89. The van der Waals surface area contributed by atoms with Crippen LogP contribution in [-0.4, -0.2) is 16.5 Å². The van der Waals surface area contributed by atoms with E-state index in [-0.39, 0.29) is 5.41 Å². The molecule has 0 radical (unpaired) electrons. The maximum absolute atomic E-state index is 5.25. The Bertz CT molecular complexity index is 329. The first-order valence-electron chi connectivity index (χ1n) is 4.96. The Labute approximate surface area is 90.5 Å². The van der Waals surface area contributed by atoms with Crippen LogP contribution in [0.1, 0.15) is 26.3 Å². The highest BCUT2D eigenvalue weighted by Gasteiger charge is 2.11. The molecular formula is C10H19N5. The SMILES string of the molecule is Cc1cnc(NN)nc1NCC(C)(C)C. The Morgan fingerprint density at radius 3 is 2.60 bits per heavy atom. The molecule has 0 aromatic carbocycles. The van der Waals surface area contributed by atoms with E-state index in [1.54, 1.807) is 6.20 Å². The van der Waals surface area contributed by atoms with Crippen molar-refractivity contribution in [2.75, 3.05) is 17.3 Å². The van der Waals surface area contributed by atoms with Crippen molar-refractivity contribution in [3.05, 3.63) is 11.8 Å². The van der Waals surface area contributed by atoms with Gasteiger partial charge in [-0.1, -0.05) is 20.8 Å². The van der Waals surface area contributed by atoms with Crippen molar-refractivity contribution in [2.45, 2.75) is 27.7 Å². The third-order valence-electron chi connectivity index (χ3n) is 1.89. The van der Waals surface area contributed by atoms with Gasteiger partial charge >= 0.3 is 0 Å². The van der Waals surface area contributed by atoms with Crippen LogP contribution in [0.3, 0.4) is 0 Å². The predicted molar refractivity (Wildman–Crippen MR) is 62.5 cm³/mol. The summed E-state index contributed by atoms with van der Waals surface area (Å²) in [5.41, 5.74) is 3.66. The van der Waals surface area contributed by atoms with Gasteiger partial charge in [-0.3, -0.25) is 5.43 Å². The lowest BCUT2D eigenvalue weighted by Crippen LogP contribution is -2.21. The van der Waals surface area contributed by atoms with E-state index < -0.39 is 0 Å². The number of nitrogens with one attached hydrogen (secondary N) is 2. The molecule has 15 heavy (non-hydrogen) atoms. The van der Waals surface area contributed by atoms with Crippen LogP contribution in [0.25, 0.3) is 0 Å². The number of hydrogen-bond acceptors (Lipinski definition) is 5. The van der Waals surface area contributed by atoms with Gasteiger partial charge in [-0.25, -0.2) is 10.8 Å². The van der Waals surface area contributed by atoms with E-state index in [1.165, 1.54) is 0 Å². The Kier molecular flexibility index (Phi) is 3.47. The molecule has 1 aromatic rings. The van der Waals surface area contributed by atoms with Crippen molar-refractivity contribution in [2.24, 2.45) is 11.3 Å². The largest absolute Gasteiger partial charge is 0.369 e. The van der Waals surface area contributed by atoms with E-state index in [2.05, 4.69) is 41.5 Å². The monoisotopic (exact) mass is 209 g/mol. The number of aryl methyl sites for hydroxylation is 1. The van der Waals surface area contributed by atoms with Crippen LogP contribution in [0.15, 0.2) is 6.20 Å². The lowest BCUT2D eigenvalue weighted by Gasteiger charge is -2.20. The Morgan fingerprint density at radius 2 is 2.07 bits per heavy atom. The van der Waals surface area contributed by atoms with Crippen LogP contribution in [-0.2, 0) is 0 Å². The Hall–Kier alpha value is -1.36. The highest BCUT2D eigenvalue weighted by molar-refractivity contribution is 5.46. The number of anilines is 2. The lowest BCUT2D eigenvalue weighted by molar-refractivity contribution is 0.442. The molecule has 0 amide bonds. The highest BCUT2D eigenvalue weighted by Crippen LogP contribution is 2.17. The van der Waals surface area contributed by atoms with E-state index in [9.17, 15) is 0 Å². The minimum Gasteiger partial charge on any atom is -0.369 e. The van der Waals surface area contributed by atoms with Gasteiger partial charge in [0.05, 0.1) is 0 Å². The van der Waals surface area contributed by atoms with Crippen LogP contribution in [0, 0.1) is 12.3 Å². The molecule has 0 fully saturated rings. The second-order valence-corrected chi connectivity index (χ2v) is 4.78. The normalized spacial score (nSPS) is 11.3. The number of nitrogen functional groups attached to an aromatic ring is 1. The zero-order valence-corrected chi connectivity index (χ0v) is 9.76. The molecular weight excluding hydrogens is 190 g/mol. The molecule has 0 aliphatic carbocycles. The van der Waals surface area contributed by atoms with Crippen molar-refractivity contribution >= 4 is 11.8 Å². The summed E-state index contributed by atoms with van der Waals surface area (Å²) in [6.45, 7) is 9.32. The third kappa shape index (κ3) is 3.71. The van der Waals surface area contributed by atoms with Gasteiger partial charge < -0.3 is 5.32 Å². The molecule has 5 nitrogen and oxygen atoms in total. The molecule has 0 bridgehead atoms. The van der Waals surface area contributed by atoms with Gasteiger partial charge in [0.15, 0.2) is 0 Å². The molecule has 0 unspecified atom stereocenters. The highest BCUT2D eigenvalue weighted by atomic mass is 15.3. The molecule has 4 N–H and O–H groups in total. The van der Waals surface area contributed by atoms with Crippen molar-refractivity contribution in [1.82, 2.24) is 9.97 Å². The van der Waals surface area contributed by atoms with E-state index in [0.717, 1.165) is 17.9 Å². The van der Waals surface area contributed by atoms with E-state index in [1.807, 2.05) is 6.92 Å². The smallest absolute Gasteiger partial charge is 0.239 e. The number of hydrogen-bond donors (Lipinski definition) is 3. The standard InChI is InChI=1S/C10H19N5/c1-7-5-12-9(15-11)14-8(7)13-6-10(2,3)4/h5H,6,11H2,1-4H3,(H2,12,13,14,15). The topological polar surface area (TPSA) is 75.9 Å². The van der Waals surface area contributed by atoms with Gasteiger partial charge in [-0.15, -0.1) is 0 Å². The lowest BCUT2D eigenvalue weighted by atomic mass is 9.97. The molecule has 0 saturated heterocycles. The fourth-order valence-corrected chi connectivity index (χ4v) is 1.04. The molecule has 84 valence electrons. The number of nitrogens with two attached hydrogens (primary N) is 1. The molecule has 0 aliphatic rings. The summed E-state index contributed by atoms with van der Waals surface area (Å²) < 4.78 is 0. The van der Waals surface area contributed by atoms with Crippen molar-refractivity contribution in [3.63, 3.8) is 0 Å². The van der Waals surface area contributed by atoms with Gasteiger partial charge in [0.25, 0.3) is 0 Å². The van der Waals surface area contributed by atoms with Gasteiger partial charge in [0.2, 0.25) is 5.95 Å². The Balaban J connectivity index is 2.75. The maximum atomic E-state index is 5.25. The number of rotatable bonds is 3. The van der Waals surface area contributed by atoms with Crippen molar-refractivity contribution < 1.29 is 0 Å². The van der Waals surface area contributed by atoms with Gasteiger partial charge in [0, 0.05) is 18.3 Å². The van der Waals surface area contributed by atoms with Crippen LogP contribution >= 0.6 is 0 Å². The number of hydrazine groups is 1. The quantitative estimate of drug-likeness (QED) is 0.520. The first-order valence-corrected chi connectivity index (χ1v) is 4.96. The van der Waals surface area contributed by atoms with Gasteiger partial charge in [-0.05, 0) is 12.3 Å². The molecule has 5 heteroatoms. The zero-order valence-electron chi connectivity index (χ0n) is 9.76. The molecule has 0 saturated carbocycles. The average Bonchev–Trinajstić information content (AvgIpc) is 2.15. The summed E-state index contributed by atoms with van der Waals surface area (Å²) >= 11 is 0. The van der Waals surface area contributed by atoms with Crippen molar-refractivity contribution in [1.29, 1.82) is 0 Å². The fourth-order valence-electron chi connectivity index (χ4n) is 1.04. The maximum Gasteiger partial charge on any atom is 0.239 e. The minimum atomic E-state index is 0.216. The van der Waals surface area contributed by atoms with Crippen LogP contribution in [0.4, 0.5) is 11.8 Å². The first-order chi connectivity index (χ1) is 6.92. The zero-order chi connectivity index (χ0) is 11.5. The van der Waals surface area contributed by atoms with E-state index >= 15 is 0 Å². The van der Waals surface area contributed by atoms with E-state index in [4.69, 9.17) is 5.84 Å². The van der Waals surface area contributed by atoms with Gasteiger partial charge in [0.1, 0.15) is 5.82 Å². The fraction of sp³-hybridized carbons (Fsp3) is 0.600. The Morgan fingerprint density at radius 1 is 1.40 bits per heavy atom. The summed E-state index contributed by atoms with van der Waals surface area (Å²) in [6, 6.07) is 0. The molecule has 1 aromatic heterocycles. The molecule has 0 aliphatic heterocycles. The second kappa shape index (κ2) is 4.44. The second-order valence-electron chi connectivity index (χ2n) is 4.78. The average molecular weight is 209 g/mol. The van der Waals surface area contributed by atoms with Crippen LogP contribution in [0.2, 0.25) is 0 Å². The molecule has 1 rings (SSSR count). The molecule has 1 heterocycles. The van der Waals surface area contributed by atoms with Crippen molar-refractivity contribution in [3.8, 4) is 0 Å². The minimum absolute atomic E-state index is 0.216. The summed E-state index contributed by atoms with van der Waals surface area (Å²) in [6.07, 6.45) is 1.74. The van der Waals surface area contributed by atoms with Gasteiger partial charge in [-0.2, -0.15) is 4.98 Å². The van der Waals surface area contributed by atoms with Crippen LogP contribution in [0.5, 0.6) is 0 Å².